The molecule has 0 radical (unpaired) electrons. The summed E-state index contributed by atoms with van der Waals surface area (Å²) in [5.41, 5.74) is -1.48. The maximum atomic E-state index is 17.0. The molecule has 1 saturated carbocycles. The van der Waals surface area contributed by atoms with Gasteiger partial charge in [-0.25, -0.2) is 8.78 Å². The number of hydrogen-bond acceptors (Lipinski definition) is 10. The van der Waals surface area contributed by atoms with Crippen LogP contribution in [0, 0.1) is 29.4 Å². The second-order valence-corrected chi connectivity index (χ2v) is 14.2. The first-order valence-corrected chi connectivity index (χ1v) is 17.1. The van der Waals surface area contributed by atoms with Gasteiger partial charge >= 0.3 is 6.01 Å². The number of terminal acetylenes is 1. The topological polar surface area (TPSA) is 133 Å². The molecule has 3 N–H and O–H groups in total. The molecular weight excluding hydrogens is 658 g/mol. The van der Waals surface area contributed by atoms with Gasteiger partial charge < -0.3 is 29.9 Å². The molecule has 2 aromatic heterocycles. The molecule has 4 heterocycles. The summed E-state index contributed by atoms with van der Waals surface area (Å²) >= 11 is 0. The molecule has 1 aliphatic carbocycles. The Morgan fingerprint density at radius 2 is 2.00 bits per heavy atom. The molecule has 3 aliphatic rings. The lowest BCUT2D eigenvalue weighted by atomic mass is 9.95. The van der Waals surface area contributed by atoms with Gasteiger partial charge in [-0.2, -0.15) is 9.97 Å². The Balaban J connectivity index is 1.34. The van der Waals surface area contributed by atoms with Crippen LogP contribution in [0.25, 0.3) is 32.9 Å². The van der Waals surface area contributed by atoms with Crippen molar-refractivity contribution in [1.82, 2.24) is 25.2 Å². The van der Waals surface area contributed by atoms with Crippen molar-refractivity contribution in [2.75, 3.05) is 57.4 Å². The summed E-state index contributed by atoms with van der Waals surface area (Å²) in [6.45, 7) is 10.0. The lowest BCUT2D eigenvalue weighted by Gasteiger charge is -2.30. The van der Waals surface area contributed by atoms with E-state index in [1.165, 1.54) is 36.5 Å². The largest absolute Gasteiger partial charge is 0.508 e. The van der Waals surface area contributed by atoms with E-state index in [0.29, 0.717) is 44.0 Å². The van der Waals surface area contributed by atoms with Crippen molar-refractivity contribution in [3.8, 4) is 35.4 Å². The van der Waals surface area contributed by atoms with E-state index >= 15 is 4.39 Å². The number of aromatic nitrogens is 3. The number of benzene rings is 2. The van der Waals surface area contributed by atoms with Crippen LogP contribution < -0.4 is 15.0 Å². The van der Waals surface area contributed by atoms with Crippen LogP contribution in [0.5, 0.6) is 11.8 Å². The minimum absolute atomic E-state index is 0.0411. The van der Waals surface area contributed by atoms with Crippen LogP contribution in [-0.4, -0.2) is 100 Å². The van der Waals surface area contributed by atoms with Gasteiger partial charge in [-0.3, -0.25) is 14.7 Å². The lowest BCUT2D eigenvalue weighted by molar-refractivity contribution is -0.117. The molecule has 13 heteroatoms. The highest BCUT2D eigenvalue weighted by molar-refractivity contribution is 6.03. The van der Waals surface area contributed by atoms with Crippen molar-refractivity contribution >= 4 is 33.4 Å². The zero-order chi connectivity index (χ0) is 35.9. The highest BCUT2D eigenvalue weighted by Gasteiger charge is 2.45. The number of aliphatic hydroxyl groups is 1. The molecule has 4 aromatic rings. The van der Waals surface area contributed by atoms with E-state index in [1.54, 1.807) is 6.92 Å². The third kappa shape index (κ3) is 7.17. The summed E-state index contributed by atoms with van der Waals surface area (Å²) in [6, 6.07) is 4.85. The molecule has 7 rings (SSSR count). The summed E-state index contributed by atoms with van der Waals surface area (Å²) in [6.07, 6.45) is 10.8. The molecule has 3 fully saturated rings. The van der Waals surface area contributed by atoms with E-state index < -0.39 is 23.3 Å². The number of anilines is 1. The van der Waals surface area contributed by atoms with E-state index in [-0.39, 0.29) is 69.2 Å². The zero-order valence-electron chi connectivity index (χ0n) is 28.4. The predicted molar refractivity (Wildman–Crippen MR) is 188 cm³/mol. The fourth-order valence-electron chi connectivity index (χ4n) is 7.22. The van der Waals surface area contributed by atoms with Crippen molar-refractivity contribution in [2.45, 2.75) is 44.2 Å². The van der Waals surface area contributed by atoms with Crippen LogP contribution in [0.3, 0.4) is 0 Å². The van der Waals surface area contributed by atoms with E-state index in [1.807, 2.05) is 4.90 Å². The number of amides is 1. The number of carbonyl (C=O) groups excluding carboxylic acids is 1. The Bertz CT molecular complexity index is 2060. The quantitative estimate of drug-likeness (QED) is 0.172. The number of ether oxygens (including phenoxy) is 2. The number of phenols is 1. The van der Waals surface area contributed by atoms with Gasteiger partial charge in [-0.1, -0.05) is 18.6 Å². The van der Waals surface area contributed by atoms with Gasteiger partial charge in [0.05, 0.1) is 36.4 Å². The third-order valence-corrected chi connectivity index (χ3v) is 10.1. The Hall–Kier alpha value is -4.90. The van der Waals surface area contributed by atoms with Gasteiger partial charge in [0.25, 0.3) is 0 Å². The second-order valence-electron chi connectivity index (χ2n) is 14.2. The summed E-state index contributed by atoms with van der Waals surface area (Å²) in [5, 5.41) is 25.5. The highest BCUT2D eigenvalue weighted by Crippen LogP contribution is 2.47. The van der Waals surface area contributed by atoms with Crippen LogP contribution in [-0.2, 0) is 9.53 Å². The van der Waals surface area contributed by atoms with E-state index in [4.69, 9.17) is 20.9 Å². The van der Waals surface area contributed by atoms with E-state index in [2.05, 4.69) is 32.7 Å². The molecule has 1 amide bonds. The van der Waals surface area contributed by atoms with E-state index in [0.717, 1.165) is 32.5 Å². The second kappa shape index (κ2) is 13.7. The summed E-state index contributed by atoms with van der Waals surface area (Å²) in [7, 11) is 0. The first kappa shape index (κ1) is 34.5. The molecule has 0 bridgehead atoms. The molecule has 266 valence electrons. The summed E-state index contributed by atoms with van der Waals surface area (Å²) in [5.74, 6) is 0.603. The highest BCUT2D eigenvalue weighted by atomic mass is 19.1. The number of carbonyl (C=O) groups is 1. The zero-order valence-corrected chi connectivity index (χ0v) is 28.4. The Morgan fingerprint density at radius 1 is 1.22 bits per heavy atom. The molecule has 11 nitrogen and oxygen atoms in total. The van der Waals surface area contributed by atoms with Gasteiger partial charge in [0.2, 0.25) is 5.91 Å². The monoisotopic (exact) mass is 698 g/mol. The minimum atomic E-state index is -1.11. The fourth-order valence-corrected chi connectivity index (χ4v) is 7.22. The number of morpholine rings is 1. The van der Waals surface area contributed by atoms with Crippen molar-refractivity contribution in [2.24, 2.45) is 5.41 Å². The number of rotatable bonds is 9. The predicted octanol–water partition coefficient (Wildman–Crippen LogP) is 4.32. The number of pyridine rings is 1. The van der Waals surface area contributed by atoms with Crippen LogP contribution in [0.15, 0.2) is 43.1 Å². The first-order chi connectivity index (χ1) is 24.5. The van der Waals surface area contributed by atoms with Crippen LogP contribution in [0.4, 0.5) is 14.6 Å². The van der Waals surface area contributed by atoms with Crippen molar-refractivity contribution < 1.29 is 33.3 Å². The normalized spacial score (nSPS) is 21.9. The molecular formula is C38H40F2N6O5. The summed E-state index contributed by atoms with van der Waals surface area (Å²) in [4.78, 5) is 30.4. The number of nitrogens with zero attached hydrogens (tertiary/aromatic N) is 5. The minimum Gasteiger partial charge on any atom is -0.508 e. The number of fused-ring (bicyclic) bond motifs is 2. The van der Waals surface area contributed by atoms with Crippen LogP contribution in [0.2, 0.25) is 0 Å². The molecule has 2 aliphatic heterocycles. The SMILES string of the molecule is C#Cc1c(F)ccc2cc(O)cc(-c3ncc4c(N5CC[C@](C)(O)C[C@H](NC(=O)C=C)C5)nc(OCC5(CN6CCOCC6)CC5)nc4c3F)c12. The smallest absolute Gasteiger partial charge is 0.319 e. The molecule has 2 aromatic carbocycles. The number of nitrogens with one attached hydrogen (secondary N) is 1. The van der Waals surface area contributed by atoms with Crippen molar-refractivity contribution in [3.05, 3.63) is 60.3 Å². The maximum absolute atomic E-state index is 17.0. The van der Waals surface area contributed by atoms with Crippen LogP contribution in [0.1, 0.15) is 38.2 Å². The van der Waals surface area contributed by atoms with Gasteiger partial charge in [0.15, 0.2) is 5.82 Å². The average molecular weight is 699 g/mol. The van der Waals surface area contributed by atoms with Gasteiger partial charge in [0, 0.05) is 61.3 Å². The standard InChI is InChI=1S/C38H40F2N6O5/c1-4-26-29(39)7-6-23-16-25(47)17-27(31(23)26)33-32(40)34-28(19-41-33)35(46-11-10-37(3,49)18-24(20-46)42-30(48)5-2)44-36(43-34)51-22-38(8-9-38)21-45-12-14-50-15-13-45/h1,5-7,16-17,19,24,47,49H,2,8-15,18,20-22H2,3H3,(H,42,48)/t24-,37-/m0/s1. The first-order valence-electron chi connectivity index (χ1n) is 17.1. The number of hydrogen-bond donors (Lipinski definition) is 3. The molecule has 0 spiro atoms. The van der Waals surface area contributed by atoms with Gasteiger partial charge in [-0.15, -0.1) is 6.42 Å². The summed E-state index contributed by atoms with van der Waals surface area (Å²) < 4.78 is 43.7. The number of phenolic OH excluding ortho intramolecular Hbond substituents is 1. The number of halogens is 2. The van der Waals surface area contributed by atoms with Crippen LogP contribution >= 0.6 is 0 Å². The maximum Gasteiger partial charge on any atom is 0.319 e. The third-order valence-electron chi connectivity index (χ3n) is 10.1. The average Bonchev–Trinajstić information content (AvgIpc) is 3.90. The van der Waals surface area contributed by atoms with Crippen molar-refractivity contribution in [1.29, 1.82) is 0 Å². The Kier molecular flexibility index (Phi) is 9.26. The molecule has 0 unspecified atom stereocenters. The Labute approximate surface area is 294 Å². The van der Waals surface area contributed by atoms with Gasteiger partial charge in [-0.05, 0) is 62.3 Å². The molecule has 51 heavy (non-hydrogen) atoms. The number of aromatic hydroxyl groups is 1. The van der Waals surface area contributed by atoms with E-state index in [9.17, 15) is 19.4 Å². The molecule has 2 atom stereocenters. The molecule has 2 saturated heterocycles. The fraction of sp³-hybridized carbons (Fsp3) is 0.421. The lowest BCUT2D eigenvalue weighted by Crippen LogP contribution is -2.44. The van der Waals surface area contributed by atoms with Gasteiger partial charge in [0.1, 0.15) is 28.6 Å². The van der Waals surface area contributed by atoms with Crippen molar-refractivity contribution in [3.63, 3.8) is 0 Å². The Morgan fingerprint density at radius 3 is 2.73 bits per heavy atom.